The fourth-order valence-corrected chi connectivity index (χ4v) is 4.30. The smallest absolute Gasteiger partial charge is 0.433 e. The minimum Gasteiger partial charge on any atom is -0.622 e. The summed E-state index contributed by atoms with van der Waals surface area (Å²) in [6.07, 6.45) is 5.56. The van der Waals surface area contributed by atoms with Gasteiger partial charge in [0.2, 0.25) is 0 Å². The van der Waals surface area contributed by atoms with Crippen LogP contribution in [0.25, 0.3) is 6.08 Å². The quantitative estimate of drug-likeness (QED) is 0.145. The van der Waals surface area contributed by atoms with Gasteiger partial charge in [0.05, 0.1) is 6.07 Å². The Bertz CT molecular complexity index is 724. The average molecular weight is 367 g/mol. The van der Waals surface area contributed by atoms with Crippen LogP contribution in [-0.4, -0.2) is 42.6 Å². The van der Waals surface area contributed by atoms with E-state index in [9.17, 15) is 15.3 Å². The highest BCUT2D eigenvalue weighted by Gasteiger charge is 2.49. The number of nitro groups is 1. The third-order valence-electron chi connectivity index (χ3n) is 3.35. The molecule has 0 radical (unpaired) electrons. The van der Waals surface area contributed by atoms with E-state index in [1.54, 1.807) is 6.08 Å². The van der Waals surface area contributed by atoms with Gasteiger partial charge in [0, 0.05) is 12.6 Å². The summed E-state index contributed by atoms with van der Waals surface area (Å²) >= 11 is 6.81. The molecule has 1 aromatic heterocycles. The number of furan rings is 1. The van der Waals surface area contributed by atoms with Crippen LogP contribution >= 0.6 is 24.0 Å². The molecule has 2 heterocycles. The molecule has 1 atom stereocenters. The Morgan fingerprint density at radius 1 is 1.50 bits per heavy atom. The molecular weight excluding hydrogens is 350 g/mol. The van der Waals surface area contributed by atoms with E-state index < -0.39 is 11.1 Å². The second-order valence-electron chi connectivity index (χ2n) is 5.59. The van der Waals surface area contributed by atoms with Crippen molar-refractivity contribution < 1.29 is 14.1 Å². The Morgan fingerprint density at radius 3 is 2.79 bits per heavy atom. The minimum absolute atomic E-state index is 0.296. The molecule has 0 unspecified atom stereocenters. The predicted octanol–water partition coefficient (Wildman–Crippen LogP) is 3.41. The van der Waals surface area contributed by atoms with E-state index in [2.05, 4.69) is 6.58 Å². The molecule has 2 rings (SSSR count). The average Bonchev–Trinajstić information content (AvgIpc) is 3.02. The van der Waals surface area contributed by atoms with Gasteiger partial charge in [0.25, 0.3) is 6.17 Å². The zero-order valence-electron chi connectivity index (χ0n) is 13.2. The van der Waals surface area contributed by atoms with Gasteiger partial charge in [-0.2, -0.15) is 4.74 Å². The van der Waals surface area contributed by atoms with E-state index in [0.29, 0.717) is 16.6 Å². The first kappa shape index (κ1) is 18.2. The third-order valence-corrected chi connectivity index (χ3v) is 4.99. The fraction of sp³-hybridized carbons (Fsp3) is 0.333. The van der Waals surface area contributed by atoms with Crippen LogP contribution in [0.3, 0.4) is 0 Å². The second kappa shape index (κ2) is 7.18. The zero-order valence-corrected chi connectivity index (χ0v) is 14.9. The highest BCUT2D eigenvalue weighted by Crippen LogP contribution is 2.41. The molecule has 0 spiro atoms. The van der Waals surface area contributed by atoms with Gasteiger partial charge in [-0.3, -0.25) is 15.0 Å². The molecule has 24 heavy (non-hydrogen) atoms. The summed E-state index contributed by atoms with van der Waals surface area (Å²) in [4.78, 5) is 11.8. The zero-order chi connectivity index (χ0) is 17.9. The van der Waals surface area contributed by atoms with Crippen molar-refractivity contribution in [2.24, 2.45) is 0 Å². The van der Waals surface area contributed by atoms with Gasteiger partial charge >= 0.3 is 5.88 Å². The van der Waals surface area contributed by atoms with Crippen molar-refractivity contribution in [1.82, 2.24) is 4.90 Å². The van der Waals surface area contributed by atoms with Gasteiger partial charge in [-0.25, -0.2) is 0 Å². The predicted molar refractivity (Wildman–Crippen MR) is 99.0 cm³/mol. The molecule has 0 aromatic carbocycles. The lowest BCUT2D eigenvalue weighted by atomic mass is 10.1. The van der Waals surface area contributed by atoms with Crippen LogP contribution in [0.1, 0.15) is 19.6 Å². The SMILES string of the molecule is C=CCN1C(=S)SC(C)(C)[C@@H]1/[N+]([O-])=C/C=C/c1ccc([N+](=O)[O-])o1. The standard InChI is InChI=1S/C15H17N3O4S2/c1-4-9-16-13(15(2,3)24-14(16)23)17(19)10-5-6-11-7-8-12(22-11)18(20)21/h4-8,10,13H,1,9H2,2-3H3/b6-5+,17-10-/t13-/m0/s1. The monoisotopic (exact) mass is 367 g/mol. The lowest BCUT2D eigenvalue weighted by Gasteiger charge is -2.28. The van der Waals surface area contributed by atoms with Crippen molar-refractivity contribution in [3.05, 3.63) is 51.9 Å². The van der Waals surface area contributed by atoms with Gasteiger partial charge in [-0.15, -0.1) is 6.58 Å². The van der Waals surface area contributed by atoms with Crippen LogP contribution in [0, 0.1) is 15.3 Å². The molecule has 1 aromatic rings. The van der Waals surface area contributed by atoms with E-state index in [-0.39, 0.29) is 10.6 Å². The van der Waals surface area contributed by atoms with E-state index >= 15 is 0 Å². The maximum atomic E-state index is 12.5. The Hall–Kier alpha value is -2.13. The minimum atomic E-state index is -0.618. The summed E-state index contributed by atoms with van der Waals surface area (Å²) in [5, 5.41) is 23.1. The van der Waals surface area contributed by atoms with Crippen molar-refractivity contribution in [2.75, 3.05) is 6.54 Å². The van der Waals surface area contributed by atoms with Crippen LogP contribution in [-0.2, 0) is 0 Å². The first-order valence-corrected chi connectivity index (χ1v) is 8.30. The van der Waals surface area contributed by atoms with Crippen molar-refractivity contribution >= 4 is 46.5 Å². The Balaban J connectivity index is 2.18. The van der Waals surface area contributed by atoms with Gasteiger partial charge in [-0.05, 0) is 26.0 Å². The fourth-order valence-electron chi connectivity index (χ4n) is 2.40. The molecule has 0 N–H and O–H groups in total. The number of hydrogen-bond donors (Lipinski definition) is 0. The number of thiocarbonyl (C=S) groups is 1. The second-order valence-corrected chi connectivity index (χ2v) is 7.88. The number of hydrogen-bond acceptors (Lipinski definition) is 6. The molecule has 1 saturated heterocycles. The molecular formula is C15H17N3O4S2. The Labute approximate surface area is 149 Å². The Morgan fingerprint density at radius 2 is 2.21 bits per heavy atom. The lowest BCUT2D eigenvalue weighted by molar-refractivity contribution is -0.522. The van der Waals surface area contributed by atoms with E-state index in [0.717, 1.165) is 4.74 Å². The van der Waals surface area contributed by atoms with Crippen LogP contribution in [0.5, 0.6) is 0 Å². The summed E-state index contributed by atoms with van der Waals surface area (Å²) in [7, 11) is 0. The molecule has 7 nitrogen and oxygen atoms in total. The van der Waals surface area contributed by atoms with Crippen molar-refractivity contribution in [3.63, 3.8) is 0 Å². The molecule has 1 aliphatic heterocycles. The summed E-state index contributed by atoms with van der Waals surface area (Å²) in [6, 6.07) is 2.72. The highest BCUT2D eigenvalue weighted by atomic mass is 32.2. The van der Waals surface area contributed by atoms with E-state index in [4.69, 9.17) is 16.6 Å². The van der Waals surface area contributed by atoms with Crippen LogP contribution in [0.4, 0.5) is 5.88 Å². The van der Waals surface area contributed by atoms with Gasteiger partial charge in [0.1, 0.15) is 19.8 Å². The molecule has 0 amide bonds. The number of nitrogens with zero attached hydrogens (tertiary/aromatic N) is 3. The number of allylic oxidation sites excluding steroid dienone is 1. The van der Waals surface area contributed by atoms with Gasteiger partial charge in [-0.1, -0.05) is 30.1 Å². The molecule has 128 valence electrons. The van der Waals surface area contributed by atoms with E-state index in [1.165, 1.54) is 42.3 Å². The summed E-state index contributed by atoms with van der Waals surface area (Å²) in [5.41, 5.74) is 0. The summed E-state index contributed by atoms with van der Waals surface area (Å²) in [5.74, 6) is -0.0469. The normalized spacial score (nSPS) is 20.8. The summed E-state index contributed by atoms with van der Waals surface area (Å²) in [6.45, 7) is 8.09. The molecule has 9 heteroatoms. The number of rotatable bonds is 6. The van der Waals surface area contributed by atoms with Crippen LogP contribution in [0.15, 0.2) is 35.3 Å². The van der Waals surface area contributed by atoms with Gasteiger partial charge in [0.15, 0.2) is 6.21 Å². The highest BCUT2D eigenvalue weighted by molar-refractivity contribution is 8.24. The van der Waals surface area contributed by atoms with Crippen LogP contribution < -0.4 is 0 Å². The van der Waals surface area contributed by atoms with Crippen molar-refractivity contribution in [3.8, 4) is 0 Å². The summed E-state index contributed by atoms with van der Waals surface area (Å²) < 4.78 is 6.10. The Kier molecular flexibility index (Phi) is 5.45. The van der Waals surface area contributed by atoms with Crippen LogP contribution in [0.2, 0.25) is 0 Å². The lowest BCUT2D eigenvalue weighted by Crippen LogP contribution is -2.47. The van der Waals surface area contributed by atoms with Crippen molar-refractivity contribution in [1.29, 1.82) is 0 Å². The number of hydroxylamine groups is 1. The first-order valence-electron chi connectivity index (χ1n) is 7.08. The maximum Gasteiger partial charge on any atom is 0.433 e. The van der Waals surface area contributed by atoms with E-state index in [1.807, 2.05) is 18.7 Å². The molecule has 1 fully saturated rings. The third kappa shape index (κ3) is 3.85. The molecule has 1 aliphatic rings. The number of thioether (sulfide) groups is 1. The maximum absolute atomic E-state index is 12.5. The molecule has 0 bridgehead atoms. The topological polar surface area (TPSA) is 85.6 Å². The largest absolute Gasteiger partial charge is 0.622 e. The molecule has 0 saturated carbocycles. The first-order chi connectivity index (χ1) is 11.3. The van der Waals surface area contributed by atoms with Gasteiger partial charge < -0.3 is 9.62 Å². The van der Waals surface area contributed by atoms with Crippen molar-refractivity contribution in [2.45, 2.75) is 24.8 Å². The molecule has 0 aliphatic carbocycles.